The van der Waals surface area contributed by atoms with Crippen LogP contribution in [-0.2, 0) is 4.74 Å². The molecule has 0 fully saturated rings. The number of aliphatic hydroxyl groups is 1. The van der Waals surface area contributed by atoms with Crippen molar-refractivity contribution in [1.29, 1.82) is 0 Å². The summed E-state index contributed by atoms with van der Waals surface area (Å²) in [6.45, 7) is 9.28. The highest BCUT2D eigenvalue weighted by molar-refractivity contribution is 5.68. The molecule has 16 heavy (non-hydrogen) atoms. The fraction of sp³-hybridized carbons (Fsp3) is 0.909. The molecule has 5 nitrogen and oxygen atoms in total. The van der Waals surface area contributed by atoms with Crippen molar-refractivity contribution in [2.24, 2.45) is 11.7 Å². The van der Waals surface area contributed by atoms with E-state index in [1.807, 2.05) is 13.8 Å². The number of nitrogens with two attached hydrogens (primary N) is 1. The molecule has 96 valence electrons. The number of amides is 1. The van der Waals surface area contributed by atoms with Gasteiger partial charge in [0.15, 0.2) is 0 Å². The Balaban J connectivity index is 4.36. The standard InChI is InChI=1S/C11H24N2O3/c1-7(2)9(8(14)6-12)13-10(15)16-11(3,4)5/h7-9,14H,6,12H2,1-5H3,(H,13,15)/t8-,9-/m1/s1. The van der Waals surface area contributed by atoms with Crippen molar-refractivity contribution in [3.63, 3.8) is 0 Å². The summed E-state index contributed by atoms with van der Waals surface area (Å²) in [5, 5.41) is 12.3. The van der Waals surface area contributed by atoms with Crippen molar-refractivity contribution in [3.05, 3.63) is 0 Å². The third kappa shape index (κ3) is 5.92. The zero-order valence-electron chi connectivity index (χ0n) is 10.8. The highest BCUT2D eigenvalue weighted by Crippen LogP contribution is 2.10. The van der Waals surface area contributed by atoms with E-state index in [0.717, 1.165) is 0 Å². The summed E-state index contributed by atoms with van der Waals surface area (Å²) < 4.78 is 5.11. The van der Waals surface area contributed by atoms with Gasteiger partial charge in [-0.15, -0.1) is 0 Å². The molecule has 0 aliphatic carbocycles. The number of alkyl carbamates (subject to hydrolysis) is 1. The fourth-order valence-corrected chi connectivity index (χ4v) is 1.30. The van der Waals surface area contributed by atoms with Crippen LogP contribution < -0.4 is 11.1 Å². The summed E-state index contributed by atoms with van der Waals surface area (Å²) >= 11 is 0. The first-order valence-corrected chi connectivity index (χ1v) is 5.55. The van der Waals surface area contributed by atoms with E-state index in [1.165, 1.54) is 0 Å². The number of carbonyl (C=O) groups excluding carboxylic acids is 1. The Morgan fingerprint density at radius 2 is 1.94 bits per heavy atom. The second kappa shape index (κ2) is 6.06. The van der Waals surface area contributed by atoms with E-state index < -0.39 is 17.8 Å². The van der Waals surface area contributed by atoms with E-state index in [9.17, 15) is 9.90 Å². The molecule has 0 aromatic rings. The average Bonchev–Trinajstić information content (AvgIpc) is 2.09. The topological polar surface area (TPSA) is 84.6 Å². The second-order valence-electron chi connectivity index (χ2n) is 5.22. The van der Waals surface area contributed by atoms with Crippen molar-refractivity contribution >= 4 is 6.09 Å². The van der Waals surface area contributed by atoms with Crippen LogP contribution in [0.4, 0.5) is 4.79 Å². The van der Waals surface area contributed by atoms with Crippen LogP contribution >= 0.6 is 0 Å². The summed E-state index contributed by atoms with van der Waals surface area (Å²) in [5.74, 6) is 0.0890. The van der Waals surface area contributed by atoms with Gasteiger partial charge in [-0.25, -0.2) is 4.79 Å². The zero-order chi connectivity index (χ0) is 12.9. The van der Waals surface area contributed by atoms with Crippen LogP contribution in [0.3, 0.4) is 0 Å². The van der Waals surface area contributed by atoms with Crippen LogP contribution in [0.15, 0.2) is 0 Å². The predicted molar refractivity (Wildman–Crippen MR) is 63.1 cm³/mol. The lowest BCUT2D eigenvalue weighted by molar-refractivity contribution is 0.0387. The molecule has 0 radical (unpaired) electrons. The van der Waals surface area contributed by atoms with Crippen LogP contribution in [0.5, 0.6) is 0 Å². The molecular formula is C11H24N2O3. The van der Waals surface area contributed by atoms with Crippen LogP contribution in [-0.4, -0.2) is 35.5 Å². The van der Waals surface area contributed by atoms with E-state index >= 15 is 0 Å². The first-order chi connectivity index (χ1) is 7.17. The Morgan fingerprint density at radius 1 is 1.44 bits per heavy atom. The maximum absolute atomic E-state index is 11.5. The SMILES string of the molecule is CC(C)[C@@H](NC(=O)OC(C)(C)C)[C@H](O)CN. The molecule has 0 aliphatic heterocycles. The van der Waals surface area contributed by atoms with E-state index in [4.69, 9.17) is 10.5 Å². The van der Waals surface area contributed by atoms with E-state index in [2.05, 4.69) is 5.32 Å². The van der Waals surface area contributed by atoms with Crippen molar-refractivity contribution in [2.45, 2.75) is 52.4 Å². The summed E-state index contributed by atoms with van der Waals surface area (Å²) in [7, 11) is 0. The van der Waals surface area contributed by atoms with Gasteiger partial charge in [-0.3, -0.25) is 0 Å². The lowest BCUT2D eigenvalue weighted by Gasteiger charge is -2.28. The summed E-state index contributed by atoms with van der Waals surface area (Å²) in [4.78, 5) is 11.5. The van der Waals surface area contributed by atoms with Gasteiger partial charge in [0, 0.05) is 6.54 Å². The Labute approximate surface area is 97.3 Å². The molecule has 0 heterocycles. The fourth-order valence-electron chi connectivity index (χ4n) is 1.30. The molecule has 0 bridgehead atoms. The van der Waals surface area contributed by atoms with Crippen molar-refractivity contribution in [2.75, 3.05) is 6.54 Å². The molecule has 0 saturated carbocycles. The quantitative estimate of drug-likeness (QED) is 0.671. The Kier molecular flexibility index (Phi) is 5.75. The molecular weight excluding hydrogens is 208 g/mol. The highest BCUT2D eigenvalue weighted by Gasteiger charge is 2.25. The van der Waals surface area contributed by atoms with Crippen molar-refractivity contribution in [1.82, 2.24) is 5.32 Å². The summed E-state index contributed by atoms with van der Waals surface area (Å²) in [5.41, 5.74) is 4.83. The summed E-state index contributed by atoms with van der Waals surface area (Å²) in [6.07, 6.45) is -1.29. The van der Waals surface area contributed by atoms with Crippen LogP contribution in [0.25, 0.3) is 0 Å². The predicted octanol–water partition coefficient (Wildman–Crippen LogP) is 0.855. The monoisotopic (exact) mass is 232 g/mol. The average molecular weight is 232 g/mol. The summed E-state index contributed by atoms with van der Waals surface area (Å²) in [6, 6.07) is -0.389. The van der Waals surface area contributed by atoms with Gasteiger partial charge in [0.05, 0.1) is 12.1 Å². The van der Waals surface area contributed by atoms with Crippen molar-refractivity contribution < 1.29 is 14.6 Å². The zero-order valence-corrected chi connectivity index (χ0v) is 10.8. The Bertz CT molecular complexity index is 224. The third-order valence-corrected chi connectivity index (χ3v) is 2.06. The molecule has 0 aromatic heterocycles. The van der Waals surface area contributed by atoms with E-state index in [1.54, 1.807) is 20.8 Å². The number of aliphatic hydroxyl groups excluding tert-OH is 1. The molecule has 5 heteroatoms. The number of rotatable bonds is 4. The molecule has 0 spiro atoms. The first kappa shape index (κ1) is 15.2. The van der Waals surface area contributed by atoms with Crippen LogP contribution in [0.1, 0.15) is 34.6 Å². The van der Waals surface area contributed by atoms with Gasteiger partial charge >= 0.3 is 6.09 Å². The van der Waals surface area contributed by atoms with Gasteiger partial charge in [0.25, 0.3) is 0 Å². The number of carbonyl (C=O) groups is 1. The lowest BCUT2D eigenvalue weighted by Crippen LogP contribution is -2.50. The van der Waals surface area contributed by atoms with E-state index in [-0.39, 0.29) is 18.5 Å². The number of nitrogens with one attached hydrogen (secondary N) is 1. The smallest absolute Gasteiger partial charge is 0.407 e. The second-order valence-corrected chi connectivity index (χ2v) is 5.22. The number of hydrogen-bond acceptors (Lipinski definition) is 4. The minimum atomic E-state index is -0.757. The molecule has 2 atom stereocenters. The minimum absolute atomic E-state index is 0.0890. The van der Waals surface area contributed by atoms with Crippen LogP contribution in [0.2, 0.25) is 0 Å². The first-order valence-electron chi connectivity index (χ1n) is 5.55. The third-order valence-electron chi connectivity index (χ3n) is 2.06. The highest BCUT2D eigenvalue weighted by atomic mass is 16.6. The van der Waals surface area contributed by atoms with E-state index in [0.29, 0.717) is 0 Å². The molecule has 0 saturated heterocycles. The normalized spacial score (nSPS) is 15.8. The Hall–Kier alpha value is -0.810. The Morgan fingerprint density at radius 3 is 2.25 bits per heavy atom. The van der Waals surface area contributed by atoms with Gasteiger partial charge in [-0.05, 0) is 26.7 Å². The minimum Gasteiger partial charge on any atom is -0.444 e. The lowest BCUT2D eigenvalue weighted by atomic mass is 9.99. The number of ether oxygens (including phenoxy) is 1. The molecule has 1 amide bonds. The largest absolute Gasteiger partial charge is 0.444 e. The molecule has 0 unspecified atom stereocenters. The van der Waals surface area contributed by atoms with Crippen molar-refractivity contribution in [3.8, 4) is 0 Å². The van der Waals surface area contributed by atoms with Gasteiger partial charge < -0.3 is 20.9 Å². The van der Waals surface area contributed by atoms with Gasteiger partial charge in [-0.2, -0.15) is 0 Å². The van der Waals surface area contributed by atoms with Gasteiger partial charge in [0.1, 0.15) is 5.60 Å². The molecule has 4 N–H and O–H groups in total. The van der Waals surface area contributed by atoms with Gasteiger partial charge in [0.2, 0.25) is 0 Å². The molecule has 0 aliphatic rings. The van der Waals surface area contributed by atoms with Gasteiger partial charge in [-0.1, -0.05) is 13.8 Å². The van der Waals surface area contributed by atoms with Crippen LogP contribution in [0, 0.1) is 5.92 Å². The number of hydrogen-bond donors (Lipinski definition) is 3. The maximum Gasteiger partial charge on any atom is 0.407 e. The maximum atomic E-state index is 11.5. The molecule has 0 rings (SSSR count). The molecule has 0 aromatic carbocycles.